The van der Waals surface area contributed by atoms with Crippen molar-refractivity contribution in [3.8, 4) is 0 Å². The molecule has 1 aliphatic heterocycles. The number of amides is 2. The minimum atomic E-state index is -0.354. The summed E-state index contributed by atoms with van der Waals surface area (Å²) in [7, 11) is 0. The average molecular weight is 261 g/mol. The first-order valence-electron chi connectivity index (χ1n) is 6.39. The molecule has 0 spiro atoms. The molecule has 0 radical (unpaired) electrons. The number of carbonyl (C=O) groups excluding carboxylic acids is 2. The minimum absolute atomic E-state index is 0.120. The van der Waals surface area contributed by atoms with Gasteiger partial charge in [0.05, 0.1) is 12.6 Å². The van der Waals surface area contributed by atoms with Crippen LogP contribution in [0.4, 0.5) is 0 Å². The van der Waals surface area contributed by atoms with Crippen molar-refractivity contribution in [2.45, 2.75) is 25.9 Å². The van der Waals surface area contributed by atoms with Crippen molar-refractivity contribution in [1.29, 1.82) is 0 Å². The predicted octanol–water partition coefficient (Wildman–Crippen LogP) is 0.342. The van der Waals surface area contributed by atoms with E-state index in [-0.39, 0.29) is 30.4 Å². The molecular weight excluding hydrogens is 242 g/mol. The summed E-state index contributed by atoms with van der Waals surface area (Å²) in [6, 6.07) is 7.54. The molecule has 0 aliphatic carbocycles. The van der Waals surface area contributed by atoms with Crippen LogP contribution in [0.25, 0.3) is 0 Å². The largest absolute Gasteiger partial charge is 0.329 e. The number of nitrogens with two attached hydrogens (primary N) is 1. The summed E-state index contributed by atoms with van der Waals surface area (Å²) >= 11 is 0. The zero-order valence-electron chi connectivity index (χ0n) is 11.2. The Bertz CT molecular complexity index is 484. The topological polar surface area (TPSA) is 75.4 Å². The molecule has 0 saturated carbocycles. The summed E-state index contributed by atoms with van der Waals surface area (Å²) in [5, 5.41) is 2.34. The maximum absolute atomic E-state index is 11.7. The van der Waals surface area contributed by atoms with E-state index in [0.717, 1.165) is 5.56 Å². The van der Waals surface area contributed by atoms with Gasteiger partial charge in [-0.15, -0.1) is 0 Å². The second-order valence-corrected chi connectivity index (χ2v) is 4.92. The lowest BCUT2D eigenvalue weighted by atomic mass is 10.0. The smallest absolute Gasteiger partial charge is 0.243 e. The fourth-order valence-corrected chi connectivity index (χ4v) is 2.37. The minimum Gasteiger partial charge on any atom is -0.329 e. The molecule has 2 rings (SSSR count). The molecule has 1 aromatic rings. The van der Waals surface area contributed by atoms with Gasteiger partial charge in [-0.3, -0.25) is 19.8 Å². The molecule has 1 fully saturated rings. The summed E-state index contributed by atoms with van der Waals surface area (Å²) in [5.74, 6) is -0.532. The molecule has 2 atom stereocenters. The van der Waals surface area contributed by atoms with Crippen LogP contribution < -0.4 is 11.1 Å². The Balaban J connectivity index is 2.27. The van der Waals surface area contributed by atoms with Crippen LogP contribution in [0.5, 0.6) is 0 Å². The molecule has 1 heterocycles. The van der Waals surface area contributed by atoms with Gasteiger partial charge in [-0.05, 0) is 19.4 Å². The Morgan fingerprint density at radius 2 is 2.00 bits per heavy atom. The van der Waals surface area contributed by atoms with Gasteiger partial charge in [0, 0.05) is 12.6 Å². The van der Waals surface area contributed by atoms with E-state index in [1.807, 2.05) is 36.1 Å². The normalized spacial score (nSPS) is 22.2. The summed E-state index contributed by atoms with van der Waals surface area (Å²) in [6.07, 6.45) is 0. The number of carbonyl (C=O) groups is 2. The van der Waals surface area contributed by atoms with E-state index >= 15 is 0 Å². The number of benzene rings is 1. The van der Waals surface area contributed by atoms with E-state index in [1.54, 1.807) is 6.92 Å². The Morgan fingerprint density at radius 3 is 2.58 bits per heavy atom. The maximum Gasteiger partial charge on any atom is 0.243 e. The first-order chi connectivity index (χ1) is 9.02. The molecule has 2 unspecified atom stereocenters. The van der Waals surface area contributed by atoms with Crippen LogP contribution in [0.15, 0.2) is 24.3 Å². The maximum atomic E-state index is 11.7. The lowest BCUT2D eigenvalue weighted by Gasteiger charge is -2.37. The lowest BCUT2D eigenvalue weighted by Crippen LogP contribution is -2.58. The van der Waals surface area contributed by atoms with Crippen LogP contribution in [-0.2, 0) is 9.59 Å². The standard InChI is InChI=1S/C14H19N3O2/c1-9-3-5-11(6-4-9)12(7-15)17-8-13(18)16-14(19)10(17)2/h3-6,10,12H,7-8,15H2,1-2H3,(H,16,18,19). The number of aryl methyl sites for hydroxylation is 1. The molecule has 102 valence electrons. The second-order valence-electron chi connectivity index (χ2n) is 4.92. The van der Waals surface area contributed by atoms with Crippen molar-refractivity contribution in [3.05, 3.63) is 35.4 Å². The predicted molar refractivity (Wildman–Crippen MR) is 72.3 cm³/mol. The molecule has 5 nitrogen and oxygen atoms in total. The highest BCUT2D eigenvalue weighted by Gasteiger charge is 2.34. The number of nitrogens with zero attached hydrogens (tertiary/aromatic N) is 1. The van der Waals surface area contributed by atoms with Gasteiger partial charge in [-0.25, -0.2) is 0 Å². The summed E-state index contributed by atoms with van der Waals surface area (Å²) < 4.78 is 0. The second kappa shape index (κ2) is 5.50. The first-order valence-corrected chi connectivity index (χ1v) is 6.39. The third kappa shape index (κ3) is 2.83. The highest BCUT2D eigenvalue weighted by molar-refractivity contribution is 6.00. The molecule has 1 aliphatic rings. The van der Waals surface area contributed by atoms with Gasteiger partial charge in [-0.1, -0.05) is 29.8 Å². The third-order valence-electron chi connectivity index (χ3n) is 3.55. The monoisotopic (exact) mass is 261 g/mol. The van der Waals surface area contributed by atoms with E-state index in [2.05, 4.69) is 5.32 Å². The van der Waals surface area contributed by atoms with Crippen molar-refractivity contribution >= 4 is 11.8 Å². The number of hydrogen-bond donors (Lipinski definition) is 2. The number of piperazine rings is 1. The molecule has 0 aromatic heterocycles. The van der Waals surface area contributed by atoms with Gasteiger partial charge in [0.15, 0.2) is 0 Å². The van der Waals surface area contributed by atoms with Crippen LogP contribution in [0.1, 0.15) is 24.1 Å². The number of rotatable bonds is 3. The van der Waals surface area contributed by atoms with Crippen LogP contribution in [-0.4, -0.2) is 35.8 Å². The van der Waals surface area contributed by atoms with Gasteiger partial charge in [0.1, 0.15) is 0 Å². The molecule has 5 heteroatoms. The Labute approximate surface area is 112 Å². The first kappa shape index (κ1) is 13.7. The Morgan fingerprint density at radius 1 is 1.37 bits per heavy atom. The van der Waals surface area contributed by atoms with Crippen LogP contribution in [0.3, 0.4) is 0 Å². The molecule has 0 bridgehead atoms. The summed E-state index contributed by atoms with van der Waals surface area (Å²) in [4.78, 5) is 25.1. The summed E-state index contributed by atoms with van der Waals surface area (Å²) in [6.45, 7) is 4.37. The van der Waals surface area contributed by atoms with Gasteiger partial charge in [-0.2, -0.15) is 0 Å². The van der Waals surface area contributed by atoms with Gasteiger partial charge in [0.2, 0.25) is 11.8 Å². The van der Waals surface area contributed by atoms with Gasteiger partial charge >= 0.3 is 0 Å². The van der Waals surface area contributed by atoms with Crippen molar-refractivity contribution in [2.24, 2.45) is 5.73 Å². The summed E-state index contributed by atoms with van der Waals surface area (Å²) in [5.41, 5.74) is 8.04. The van der Waals surface area contributed by atoms with Crippen molar-refractivity contribution in [2.75, 3.05) is 13.1 Å². The fourth-order valence-electron chi connectivity index (χ4n) is 2.37. The SMILES string of the molecule is Cc1ccc(C(CN)N2CC(=O)NC(=O)C2C)cc1. The zero-order valence-corrected chi connectivity index (χ0v) is 11.2. The number of hydrogen-bond acceptors (Lipinski definition) is 4. The van der Waals surface area contributed by atoms with E-state index in [9.17, 15) is 9.59 Å². The molecule has 3 N–H and O–H groups in total. The Kier molecular flexibility index (Phi) is 3.97. The third-order valence-corrected chi connectivity index (χ3v) is 3.55. The Hall–Kier alpha value is -1.72. The van der Waals surface area contributed by atoms with E-state index in [0.29, 0.717) is 6.54 Å². The van der Waals surface area contributed by atoms with Crippen LogP contribution in [0.2, 0.25) is 0 Å². The van der Waals surface area contributed by atoms with Crippen molar-refractivity contribution in [1.82, 2.24) is 10.2 Å². The van der Waals surface area contributed by atoms with Crippen LogP contribution >= 0.6 is 0 Å². The van der Waals surface area contributed by atoms with E-state index in [4.69, 9.17) is 5.73 Å². The van der Waals surface area contributed by atoms with Crippen molar-refractivity contribution in [3.63, 3.8) is 0 Å². The molecular formula is C14H19N3O2. The quantitative estimate of drug-likeness (QED) is 0.769. The van der Waals surface area contributed by atoms with E-state index in [1.165, 1.54) is 5.56 Å². The van der Waals surface area contributed by atoms with E-state index < -0.39 is 0 Å². The highest BCUT2D eigenvalue weighted by atomic mass is 16.2. The molecule has 19 heavy (non-hydrogen) atoms. The number of nitrogens with one attached hydrogen (secondary N) is 1. The number of imide groups is 1. The lowest BCUT2D eigenvalue weighted by molar-refractivity contribution is -0.140. The van der Waals surface area contributed by atoms with Gasteiger partial charge < -0.3 is 5.73 Å². The van der Waals surface area contributed by atoms with Gasteiger partial charge in [0.25, 0.3) is 0 Å². The van der Waals surface area contributed by atoms with Crippen molar-refractivity contribution < 1.29 is 9.59 Å². The molecule has 1 saturated heterocycles. The fraction of sp³-hybridized carbons (Fsp3) is 0.429. The molecule has 1 aromatic carbocycles. The molecule has 2 amide bonds. The highest BCUT2D eigenvalue weighted by Crippen LogP contribution is 2.23. The zero-order chi connectivity index (χ0) is 14.0. The van der Waals surface area contributed by atoms with Crippen LogP contribution in [0, 0.1) is 6.92 Å². The average Bonchev–Trinajstić information content (AvgIpc) is 2.38.